The molecule has 35 heavy (non-hydrogen) atoms. The number of likely N-dealkylation sites (tertiary alicyclic amines) is 1. The number of esters is 1. The van der Waals surface area contributed by atoms with E-state index in [-0.39, 0.29) is 37.6 Å². The second kappa shape index (κ2) is 11.0. The molecule has 0 saturated carbocycles. The Kier molecular flexibility index (Phi) is 7.80. The van der Waals surface area contributed by atoms with Crippen molar-refractivity contribution < 1.29 is 24.2 Å². The molecule has 10 heteroatoms. The minimum atomic E-state index is -0.757. The van der Waals surface area contributed by atoms with Gasteiger partial charge in [-0.1, -0.05) is 36.4 Å². The van der Waals surface area contributed by atoms with Gasteiger partial charge >= 0.3 is 5.97 Å². The third kappa shape index (κ3) is 4.80. The number of ether oxygens (including phenoxy) is 1. The van der Waals surface area contributed by atoms with Crippen LogP contribution in [-0.2, 0) is 25.8 Å². The Morgan fingerprint density at radius 3 is 2.71 bits per heavy atom. The molecule has 1 aliphatic heterocycles. The molecule has 0 radical (unpaired) electrons. The summed E-state index contributed by atoms with van der Waals surface area (Å²) in [4.78, 5) is 41.7. The van der Waals surface area contributed by atoms with Gasteiger partial charge in [-0.3, -0.25) is 14.4 Å². The summed E-state index contributed by atoms with van der Waals surface area (Å²) in [6, 6.07) is 6.70. The summed E-state index contributed by atoms with van der Waals surface area (Å²) in [5, 5.41) is 20.4. The molecule has 2 heterocycles. The van der Waals surface area contributed by atoms with E-state index >= 15 is 0 Å². The lowest BCUT2D eigenvalue weighted by molar-refractivity contribution is -0.155. The highest BCUT2D eigenvalue weighted by Gasteiger charge is 2.57. The number of aliphatic hydroxyl groups is 1. The molecule has 1 aromatic heterocycles. The van der Waals surface area contributed by atoms with Crippen LogP contribution in [0.25, 0.3) is 11.0 Å². The number of rotatable bonds is 10. The number of nitrogens with one attached hydrogen (secondary N) is 1. The standard InChI is InChI=1S/C25H33N5O5/c1-3-16-11-12-17-21(20(16)25(34)35-4-2)24(33)29(13-7-8-14-31)22(17)23(32)26-15-30-19-10-6-5-9-18(19)27-28-30/h5-6,9-12,16-17,20-22,31H,3-4,7-8,13-15H2,1-2H3,(H,26,32)/t16-,17+,20-,21-,22+/m1/s1. The lowest BCUT2D eigenvalue weighted by atomic mass is 9.69. The van der Waals surface area contributed by atoms with E-state index in [1.807, 2.05) is 43.3 Å². The van der Waals surface area contributed by atoms with Crippen LogP contribution in [0.15, 0.2) is 36.4 Å². The van der Waals surface area contributed by atoms with Crippen LogP contribution >= 0.6 is 0 Å². The first-order chi connectivity index (χ1) is 17.0. The summed E-state index contributed by atoms with van der Waals surface area (Å²) in [7, 11) is 0. The Morgan fingerprint density at radius 1 is 1.17 bits per heavy atom. The van der Waals surface area contributed by atoms with E-state index in [4.69, 9.17) is 4.74 Å². The molecule has 2 N–H and O–H groups in total. The van der Waals surface area contributed by atoms with Crippen molar-refractivity contribution in [3.8, 4) is 0 Å². The predicted octanol–water partition coefficient (Wildman–Crippen LogP) is 1.50. The first-order valence-electron chi connectivity index (χ1n) is 12.3. The minimum absolute atomic E-state index is 0.00832. The Balaban J connectivity index is 1.60. The smallest absolute Gasteiger partial charge is 0.310 e. The molecule has 1 aliphatic carbocycles. The first-order valence-corrected chi connectivity index (χ1v) is 12.3. The molecule has 0 unspecified atom stereocenters. The summed E-state index contributed by atoms with van der Waals surface area (Å²) in [5.41, 5.74) is 1.51. The fourth-order valence-electron chi connectivity index (χ4n) is 5.37. The maximum Gasteiger partial charge on any atom is 0.310 e. The van der Waals surface area contributed by atoms with Gasteiger partial charge in [0.1, 0.15) is 18.2 Å². The van der Waals surface area contributed by atoms with Gasteiger partial charge in [-0.05, 0) is 44.2 Å². The van der Waals surface area contributed by atoms with Crippen molar-refractivity contribution in [2.75, 3.05) is 19.8 Å². The lowest BCUT2D eigenvalue weighted by Crippen LogP contribution is -2.48. The topological polar surface area (TPSA) is 127 Å². The van der Waals surface area contributed by atoms with Crippen LogP contribution in [0.4, 0.5) is 0 Å². The average molecular weight is 484 g/mol. The molecule has 1 saturated heterocycles. The van der Waals surface area contributed by atoms with Crippen LogP contribution in [0, 0.1) is 23.7 Å². The number of fused-ring (bicyclic) bond motifs is 2. The highest BCUT2D eigenvalue weighted by molar-refractivity contribution is 5.96. The van der Waals surface area contributed by atoms with E-state index in [0.29, 0.717) is 25.8 Å². The number of benzene rings is 1. The first kappa shape index (κ1) is 24.8. The van der Waals surface area contributed by atoms with Gasteiger partial charge in [0, 0.05) is 19.1 Å². The number of carbonyl (C=O) groups is 3. The number of hydrogen-bond acceptors (Lipinski definition) is 7. The van der Waals surface area contributed by atoms with Crippen molar-refractivity contribution in [3.05, 3.63) is 36.4 Å². The minimum Gasteiger partial charge on any atom is -0.466 e. The second-order valence-corrected chi connectivity index (χ2v) is 9.02. The molecule has 2 amide bonds. The number of carbonyl (C=O) groups excluding carboxylic acids is 3. The molecule has 10 nitrogen and oxygen atoms in total. The molecule has 1 aromatic carbocycles. The van der Waals surface area contributed by atoms with Crippen LogP contribution in [0.1, 0.15) is 33.1 Å². The highest BCUT2D eigenvalue weighted by Crippen LogP contribution is 2.45. The van der Waals surface area contributed by atoms with E-state index in [9.17, 15) is 19.5 Å². The molecule has 0 spiro atoms. The van der Waals surface area contributed by atoms with E-state index in [1.165, 1.54) is 0 Å². The van der Waals surface area contributed by atoms with Gasteiger partial charge < -0.3 is 20.1 Å². The largest absolute Gasteiger partial charge is 0.466 e. The highest BCUT2D eigenvalue weighted by atomic mass is 16.5. The third-order valence-corrected chi connectivity index (χ3v) is 7.04. The van der Waals surface area contributed by atoms with Gasteiger partial charge in [-0.15, -0.1) is 5.10 Å². The Bertz CT molecular complexity index is 1100. The van der Waals surface area contributed by atoms with Gasteiger partial charge in [0.25, 0.3) is 0 Å². The number of unbranched alkanes of at least 4 members (excludes halogenated alkanes) is 1. The van der Waals surface area contributed by atoms with Gasteiger partial charge in [0.05, 0.1) is 24.0 Å². The van der Waals surface area contributed by atoms with Gasteiger partial charge in [-0.25, -0.2) is 4.68 Å². The SMILES string of the molecule is CCOC(=O)[C@H]1[C@@H]2C(=O)N(CCCCO)[C@H](C(=O)NCn3nnc4ccccc43)[C@H]2C=C[C@H]1CC. The molecule has 188 valence electrons. The Labute approximate surface area is 204 Å². The molecular formula is C25H33N5O5. The van der Waals surface area contributed by atoms with Crippen LogP contribution in [0.2, 0.25) is 0 Å². The van der Waals surface area contributed by atoms with Crippen molar-refractivity contribution >= 4 is 28.8 Å². The molecule has 5 atom stereocenters. The number of aliphatic hydroxyl groups excluding tert-OH is 1. The quantitative estimate of drug-likeness (QED) is 0.298. The third-order valence-electron chi connectivity index (χ3n) is 7.04. The molecule has 2 aliphatic rings. The molecule has 4 rings (SSSR count). The van der Waals surface area contributed by atoms with Gasteiger partial charge in [0.2, 0.25) is 11.8 Å². The summed E-state index contributed by atoms with van der Waals surface area (Å²) in [6.07, 6.45) is 5.65. The van der Waals surface area contributed by atoms with E-state index < -0.39 is 29.8 Å². The summed E-state index contributed by atoms with van der Waals surface area (Å²) >= 11 is 0. The summed E-state index contributed by atoms with van der Waals surface area (Å²) in [5.74, 6) is -2.75. The van der Waals surface area contributed by atoms with Crippen LogP contribution in [0.5, 0.6) is 0 Å². The maximum absolute atomic E-state index is 13.7. The summed E-state index contributed by atoms with van der Waals surface area (Å²) in [6.45, 7) is 4.40. The number of aromatic nitrogens is 3. The normalized spacial score (nSPS) is 25.6. The van der Waals surface area contributed by atoms with Crippen LogP contribution < -0.4 is 5.32 Å². The zero-order valence-electron chi connectivity index (χ0n) is 20.2. The van der Waals surface area contributed by atoms with Gasteiger partial charge in [-0.2, -0.15) is 0 Å². The van der Waals surface area contributed by atoms with Crippen LogP contribution in [-0.4, -0.2) is 68.6 Å². The van der Waals surface area contributed by atoms with Crippen molar-refractivity contribution in [2.45, 2.75) is 45.8 Å². The second-order valence-electron chi connectivity index (χ2n) is 9.02. The van der Waals surface area contributed by atoms with Crippen molar-refractivity contribution in [3.63, 3.8) is 0 Å². The van der Waals surface area contributed by atoms with Crippen LogP contribution in [0.3, 0.4) is 0 Å². The molecule has 1 fully saturated rings. The Hall–Kier alpha value is -3.27. The zero-order valence-corrected chi connectivity index (χ0v) is 20.2. The van der Waals surface area contributed by atoms with Crippen molar-refractivity contribution in [1.29, 1.82) is 0 Å². The molecule has 0 bridgehead atoms. The summed E-state index contributed by atoms with van der Waals surface area (Å²) < 4.78 is 6.94. The lowest BCUT2D eigenvalue weighted by Gasteiger charge is -2.33. The number of nitrogens with zero attached hydrogens (tertiary/aromatic N) is 4. The maximum atomic E-state index is 13.7. The number of allylic oxidation sites excluding steroid dienone is 1. The Morgan fingerprint density at radius 2 is 1.97 bits per heavy atom. The van der Waals surface area contributed by atoms with E-state index in [2.05, 4.69) is 15.6 Å². The molecule has 2 aromatic rings. The number of hydrogen-bond donors (Lipinski definition) is 2. The molecular weight excluding hydrogens is 450 g/mol. The zero-order chi connectivity index (χ0) is 24.9. The number of para-hydroxylation sites is 1. The van der Waals surface area contributed by atoms with Crippen molar-refractivity contribution in [2.24, 2.45) is 23.7 Å². The fourth-order valence-corrected chi connectivity index (χ4v) is 5.37. The fraction of sp³-hybridized carbons (Fsp3) is 0.560. The average Bonchev–Trinajstić information content (AvgIpc) is 3.41. The monoisotopic (exact) mass is 483 g/mol. The van der Waals surface area contributed by atoms with Crippen molar-refractivity contribution in [1.82, 2.24) is 25.2 Å². The van der Waals surface area contributed by atoms with Gasteiger partial charge in [0.15, 0.2) is 0 Å². The van der Waals surface area contributed by atoms with E-state index in [0.717, 1.165) is 11.0 Å². The van der Waals surface area contributed by atoms with E-state index in [1.54, 1.807) is 16.5 Å². The predicted molar refractivity (Wildman–Crippen MR) is 128 cm³/mol. The number of amides is 2.